The Bertz CT molecular complexity index is 723. The normalized spacial score (nSPS) is 23.8. The van der Waals surface area contributed by atoms with E-state index in [9.17, 15) is 4.39 Å². The molecule has 2 aliphatic heterocycles. The van der Waals surface area contributed by atoms with Crippen LogP contribution in [-0.2, 0) is 28.5 Å². The standard InChI is InChI=1S/C17H13FO2/c1-11-15-8-14(18)7-6-12(15)9-19-17(11)16-5-3-2-4-13(16)10-20-17/h2-8H,1,9-10H2. The Morgan fingerprint density at radius 1 is 1.00 bits per heavy atom. The van der Waals surface area contributed by atoms with E-state index in [1.54, 1.807) is 6.07 Å². The van der Waals surface area contributed by atoms with Crippen LogP contribution in [-0.4, -0.2) is 0 Å². The third kappa shape index (κ3) is 1.45. The second-order valence-corrected chi connectivity index (χ2v) is 5.13. The fourth-order valence-electron chi connectivity index (χ4n) is 2.99. The second-order valence-electron chi connectivity index (χ2n) is 5.13. The first-order valence-corrected chi connectivity index (χ1v) is 6.55. The van der Waals surface area contributed by atoms with Gasteiger partial charge in [0.15, 0.2) is 0 Å². The van der Waals surface area contributed by atoms with Crippen molar-refractivity contribution in [2.24, 2.45) is 0 Å². The molecule has 2 aliphatic rings. The van der Waals surface area contributed by atoms with Crippen LogP contribution < -0.4 is 0 Å². The maximum atomic E-state index is 13.5. The lowest BCUT2D eigenvalue weighted by atomic mass is 9.87. The van der Waals surface area contributed by atoms with Gasteiger partial charge in [0, 0.05) is 11.1 Å². The zero-order chi connectivity index (χ0) is 13.7. The Morgan fingerprint density at radius 2 is 1.75 bits per heavy atom. The predicted octanol–water partition coefficient (Wildman–Crippen LogP) is 3.75. The molecule has 2 nitrogen and oxygen atoms in total. The van der Waals surface area contributed by atoms with Crippen LogP contribution in [0.4, 0.5) is 4.39 Å². The van der Waals surface area contributed by atoms with Gasteiger partial charge >= 0.3 is 0 Å². The molecule has 0 aliphatic carbocycles. The highest BCUT2D eigenvalue weighted by Crippen LogP contribution is 2.50. The summed E-state index contributed by atoms with van der Waals surface area (Å²) in [5.74, 6) is -1.23. The maximum Gasteiger partial charge on any atom is 0.223 e. The molecule has 0 saturated carbocycles. The Labute approximate surface area is 116 Å². The van der Waals surface area contributed by atoms with Gasteiger partial charge in [-0.1, -0.05) is 36.9 Å². The molecule has 0 amide bonds. The summed E-state index contributed by atoms with van der Waals surface area (Å²) in [5.41, 5.74) is 4.46. The number of benzene rings is 2. The number of halogens is 1. The Balaban J connectivity index is 1.89. The SMILES string of the molecule is C=C1c2cc(F)ccc2COC12OCc1ccccc12. The number of hydrogen-bond donors (Lipinski definition) is 0. The lowest BCUT2D eigenvalue weighted by Gasteiger charge is -2.36. The van der Waals surface area contributed by atoms with Crippen molar-refractivity contribution in [2.45, 2.75) is 19.0 Å². The van der Waals surface area contributed by atoms with Gasteiger partial charge in [-0.2, -0.15) is 0 Å². The smallest absolute Gasteiger partial charge is 0.223 e. The summed E-state index contributed by atoms with van der Waals surface area (Å²) >= 11 is 0. The van der Waals surface area contributed by atoms with E-state index < -0.39 is 5.79 Å². The highest BCUT2D eigenvalue weighted by molar-refractivity contribution is 5.75. The van der Waals surface area contributed by atoms with Crippen molar-refractivity contribution in [3.63, 3.8) is 0 Å². The molecular formula is C17H13FO2. The highest BCUT2D eigenvalue weighted by atomic mass is 19.1. The van der Waals surface area contributed by atoms with Crippen LogP contribution >= 0.6 is 0 Å². The van der Waals surface area contributed by atoms with Gasteiger partial charge in [-0.05, 0) is 28.8 Å². The molecule has 20 heavy (non-hydrogen) atoms. The molecule has 2 aromatic rings. The van der Waals surface area contributed by atoms with Crippen molar-refractivity contribution in [1.82, 2.24) is 0 Å². The number of ether oxygens (including phenoxy) is 2. The van der Waals surface area contributed by atoms with Crippen molar-refractivity contribution in [3.05, 3.63) is 77.1 Å². The van der Waals surface area contributed by atoms with Crippen molar-refractivity contribution in [3.8, 4) is 0 Å². The van der Waals surface area contributed by atoms with E-state index in [1.807, 2.05) is 24.3 Å². The first kappa shape index (κ1) is 11.8. The van der Waals surface area contributed by atoms with E-state index in [4.69, 9.17) is 9.47 Å². The van der Waals surface area contributed by atoms with Crippen LogP contribution in [0.1, 0.15) is 22.3 Å². The fourth-order valence-corrected chi connectivity index (χ4v) is 2.99. The average Bonchev–Trinajstić information content (AvgIpc) is 2.84. The molecule has 1 unspecified atom stereocenters. The topological polar surface area (TPSA) is 18.5 Å². The Hall–Kier alpha value is -1.97. The zero-order valence-electron chi connectivity index (χ0n) is 10.9. The summed E-state index contributed by atoms with van der Waals surface area (Å²) in [6.07, 6.45) is 0. The molecule has 0 radical (unpaired) electrons. The van der Waals surface area contributed by atoms with Crippen LogP contribution in [0.25, 0.3) is 5.57 Å². The van der Waals surface area contributed by atoms with Gasteiger partial charge in [-0.15, -0.1) is 0 Å². The Morgan fingerprint density at radius 3 is 2.60 bits per heavy atom. The van der Waals surface area contributed by atoms with E-state index in [-0.39, 0.29) is 5.82 Å². The van der Waals surface area contributed by atoms with E-state index in [1.165, 1.54) is 12.1 Å². The molecule has 0 bridgehead atoms. The highest BCUT2D eigenvalue weighted by Gasteiger charge is 2.47. The summed E-state index contributed by atoms with van der Waals surface area (Å²) in [6, 6.07) is 12.6. The van der Waals surface area contributed by atoms with Crippen LogP contribution in [0.5, 0.6) is 0 Å². The lowest BCUT2D eigenvalue weighted by molar-refractivity contribution is -0.207. The molecular weight excluding hydrogens is 255 g/mol. The largest absolute Gasteiger partial charge is 0.337 e. The van der Waals surface area contributed by atoms with Crippen molar-refractivity contribution in [2.75, 3.05) is 0 Å². The van der Waals surface area contributed by atoms with Gasteiger partial charge in [0.05, 0.1) is 13.2 Å². The maximum absolute atomic E-state index is 13.5. The fraction of sp³-hybridized carbons (Fsp3) is 0.176. The predicted molar refractivity (Wildman–Crippen MR) is 73.1 cm³/mol. The van der Waals surface area contributed by atoms with Crippen LogP contribution in [0.3, 0.4) is 0 Å². The molecule has 4 rings (SSSR count). The van der Waals surface area contributed by atoms with Gasteiger partial charge < -0.3 is 9.47 Å². The van der Waals surface area contributed by atoms with Crippen LogP contribution in [0.15, 0.2) is 49.0 Å². The number of rotatable bonds is 0. The first-order valence-electron chi connectivity index (χ1n) is 6.55. The average molecular weight is 268 g/mol. The minimum Gasteiger partial charge on any atom is -0.337 e. The van der Waals surface area contributed by atoms with Gasteiger partial charge in [0.2, 0.25) is 5.79 Å². The van der Waals surface area contributed by atoms with Crippen LogP contribution in [0, 0.1) is 5.82 Å². The molecule has 1 atom stereocenters. The van der Waals surface area contributed by atoms with Gasteiger partial charge in [-0.25, -0.2) is 4.39 Å². The summed E-state index contributed by atoms with van der Waals surface area (Å²) < 4.78 is 25.4. The van der Waals surface area contributed by atoms with E-state index in [0.717, 1.165) is 22.3 Å². The third-order valence-corrected chi connectivity index (χ3v) is 4.03. The van der Waals surface area contributed by atoms with E-state index >= 15 is 0 Å². The third-order valence-electron chi connectivity index (χ3n) is 4.03. The Kier molecular flexibility index (Phi) is 2.37. The van der Waals surface area contributed by atoms with E-state index in [2.05, 4.69) is 6.58 Å². The van der Waals surface area contributed by atoms with Gasteiger partial charge in [0.1, 0.15) is 5.82 Å². The number of fused-ring (bicyclic) bond motifs is 3. The molecule has 0 aromatic heterocycles. The number of hydrogen-bond acceptors (Lipinski definition) is 2. The summed E-state index contributed by atoms with van der Waals surface area (Å²) in [6.45, 7) is 4.99. The van der Waals surface area contributed by atoms with E-state index in [0.29, 0.717) is 18.8 Å². The first-order chi connectivity index (χ1) is 9.71. The molecule has 0 N–H and O–H groups in total. The molecule has 2 aromatic carbocycles. The zero-order valence-corrected chi connectivity index (χ0v) is 10.9. The van der Waals surface area contributed by atoms with Gasteiger partial charge in [0.25, 0.3) is 0 Å². The molecule has 100 valence electrons. The molecule has 2 heterocycles. The summed E-state index contributed by atoms with van der Waals surface area (Å²) in [4.78, 5) is 0. The molecule has 0 fully saturated rings. The molecule has 1 spiro atoms. The minimum absolute atomic E-state index is 0.270. The minimum atomic E-state index is -0.961. The monoisotopic (exact) mass is 268 g/mol. The molecule has 0 saturated heterocycles. The van der Waals surface area contributed by atoms with Crippen molar-refractivity contribution >= 4 is 5.57 Å². The van der Waals surface area contributed by atoms with Crippen LogP contribution in [0.2, 0.25) is 0 Å². The van der Waals surface area contributed by atoms with Crippen molar-refractivity contribution in [1.29, 1.82) is 0 Å². The summed E-state index contributed by atoms with van der Waals surface area (Å²) in [5, 5.41) is 0. The summed E-state index contributed by atoms with van der Waals surface area (Å²) in [7, 11) is 0. The van der Waals surface area contributed by atoms with Gasteiger partial charge in [-0.3, -0.25) is 0 Å². The second kappa shape index (κ2) is 4.01. The lowest BCUT2D eigenvalue weighted by Crippen LogP contribution is -2.34. The quantitative estimate of drug-likeness (QED) is 0.724. The van der Waals surface area contributed by atoms with Crippen molar-refractivity contribution < 1.29 is 13.9 Å². The molecule has 3 heteroatoms.